The van der Waals surface area contributed by atoms with Gasteiger partial charge in [0.15, 0.2) is 0 Å². The standard InChI is InChI=1S/C31H34ClNO6/c1-19(2)7-6-8-20(3)17-28(34)39-16-15-25(31(36)37)29-21(4)33(27-14-13-24(38-5)18-26(27)29)30(35)22-9-11-23(32)12-10-22/h7,9-14,17-18,25H,6,8,15-16H2,1-5H3,(H,36,37). The third-order valence-corrected chi connectivity index (χ3v) is 6.76. The van der Waals surface area contributed by atoms with E-state index in [2.05, 4.69) is 6.08 Å². The first-order chi connectivity index (χ1) is 18.5. The maximum atomic E-state index is 13.5. The van der Waals surface area contributed by atoms with Gasteiger partial charge in [0, 0.05) is 27.7 Å². The Bertz CT molecular complexity index is 1430. The van der Waals surface area contributed by atoms with Crippen LogP contribution in [0, 0.1) is 6.92 Å². The van der Waals surface area contributed by atoms with Gasteiger partial charge in [-0.2, -0.15) is 0 Å². The molecule has 0 radical (unpaired) electrons. The molecule has 2 aromatic carbocycles. The summed E-state index contributed by atoms with van der Waals surface area (Å²) >= 11 is 6.00. The predicted molar refractivity (Wildman–Crippen MR) is 153 cm³/mol. The van der Waals surface area contributed by atoms with E-state index in [0.29, 0.717) is 38.5 Å². The fourth-order valence-electron chi connectivity index (χ4n) is 4.54. The number of aromatic nitrogens is 1. The van der Waals surface area contributed by atoms with Gasteiger partial charge in [0.25, 0.3) is 5.91 Å². The number of allylic oxidation sites excluding steroid dienone is 3. The minimum Gasteiger partial charge on any atom is -0.497 e. The van der Waals surface area contributed by atoms with Crippen molar-refractivity contribution >= 4 is 40.3 Å². The Morgan fingerprint density at radius 1 is 1.08 bits per heavy atom. The third-order valence-electron chi connectivity index (χ3n) is 6.51. The van der Waals surface area contributed by atoms with Crippen molar-refractivity contribution in [2.75, 3.05) is 13.7 Å². The number of carboxylic acids is 1. The number of rotatable bonds is 11. The molecule has 1 N–H and O–H groups in total. The summed E-state index contributed by atoms with van der Waals surface area (Å²) in [6.07, 6.45) is 5.16. The van der Waals surface area contributed by atoms with Gasteiger partial charge in [-0.15, -0.1) is 0 Å². The molecule has 8 heteroatoms. The molecule has 0 aliphatic carbocycles. The van der Waals surface area contributed by atoms with E-state index in [4.69, 9.17) is 21.1 Å². The van der Waals surface area contributed by atoms with Crippen LogP contribution in [0.25, 0.3) is 10.9 Å². The number of hydrogen-bond acceptors (Lipinski definition) is 5. The van der Waals surface area contributed by atoms with Gasteiger partial charge in [-0.3, -0.25) is 14.2 Å². The van der Waals surface area contributed by atoms with Crippen molar-refractivity contribution in [1.29, 1.82) is 0 Å². The van der Waals surface area contributed by atoms with Crippen LogP contribution in [0.2, 0.25) is 5.02 Å². The number of hydrogen-bond donors (Lipinski definition) is 1. The van der Waals surface area contributed by atoms with Crippen molar-refractivity contribution in [3.63, 3.8) is 0 Å². The first-order valence-electron chi connectivity index (χ1n) is 12.7. The summed E-state index contributed by atoms with van der Waals surface area (Å²) in [5.41, 5.74) is 4.04. The van der Waals surface area contributed by atoms with Crippen molar-refractivity contribution in [2.45, 2.75) is 52.9 Å². The monoisotopic (exact) mass is 551 g/mol. The smallest absolute Gasteiger partial charge is 0.330 e. The minimum atomic E-state index is -1.08. The second kappa shape index (κ2) is 13.3. The normalized spacial score (nSPS) is 12.2. The van der Waals surface area contributed by atoms with Gasteiger partial charge in [-0.1, -0.05) is 28.8 Å². The van der Waals surface area contributed by atoms with E-state index in [9.17, 15) is 19.5 Å². The van der Waals surface area contributed by atoms with Gasteiger partial charge in [-0.25, -0.2) is 4.79 Å². The number of esters is 1. The molecule has 3 rings (SSSR count). The number of fused-ring (bicyclic) bond motifs is 1. The first kappa shape index (κ1) is 29.7. The highest BCUT2D eigenvalue weighted by Crippen LogP contribution is 2.36. The summed E-state index contributed by atoms with van der Waals surface area (Å²) in [4.78, 5) is 38.3. The average Bonchev–Trinajstić information content (AvgIpc) is 3.16. The van der Waals surface area contributed by atoms with Crippen LogP contribution < -0.4 is 4.74 Å². The fraction of sp³-hybridized carbons (Fsp3) is 0.323. The van der Waals surface area contributed by atoms with E-state index in [0.717, 1.165) is 18.4 Å². The Morgan fingerprint density at radius 3 is 2.38 bits per heavy atom. The largest absolute Gasteiger partial charge is 0.497 e. The quantitative estimate of drug-likeness (QED) is 0.155. The molecule has 1 aromatic heterocycles. The summed E-state index contributed by atoms with van der Waals surface area (Å²) in [5, 5.41) is 11.3. The van der Waals surface area contributed by atoms with Crippen molar-refractivity contribution in [3.8, 4) is 5.75 Å². The Kier molecular flexibility index (Phi) is 10.1. The predicted octanol–water partition coefficient (Wildman–Crippen LogP) is 7.09. The second-order valence-corrected chi connectivity index (χ2v) is 10.1. The number of carbonyl (C=O) groups is 3. The molecule has 1 heterocycles. The van der Waals surface area contributed by atoms with Gasteiger partial charge in [0.05, 0.1) is 25.2 Å². The van der Waals surface area contributed by atoms with Crippen molar-refractivity contribution in [1.82, 2.24) is 4.57 Å². The molecule has 0 amide bonds. The molecule has 39 heavy (non-hydrogen) atoms. The van der Waals surface area contributed by atoms with Crippen LogP contribution in [0.1, 0.15) is 67.6 Å². The van der Waals surface area contributed by atoms with Crippen LogP contribution in [0.4, 0.5) is 0 Å². The zero-order valence-electron chi connectivity index (χ0n) is 22.9. The molecule has 0 spiro atoms. The van der Waals surface area contributed by atoms with E-state index in [1.165, 1.54) is 23.3 Å². The third kappa shape index (κ3) is 7.39. The summed E-state index contributed by atoms with van der Waals surface area (Å²) in [6.45, 7) is 7.54. The van der Waals surface area contributed by atoms with Crippen LogP contribution in [-0.2, 0) is 14.3 Å². The molecule has 0 aliphatic rings. The minimum absolute atomic E-state index is 0.0397. The molecular weight excluding hydrogens is 518 g/mol. The van der Waals surface area contributed by atoms with Gasteiger partial charge in [-0.05, 0) is 95.0 Å². The van der Waals surface area contributed by atoms with Gasteiger partial charge in [0.2, 0.25) is 0 Å². The maximum Gasteiger partial charge on any atom is 0.330 e. The number of carboxylic acid groups (broad SMARTS) is 1. The molecule has 1 atom stereocenters. The topological polar surface area (TPSA) is 94.8 Å². The Hall–Kier alpha value is -3.84. The molecule has 206 valence electrons. The van der Waals surface area contributed by atoms with E-state index < -0.39 is 17.9 Å². The molecular formula is C31H34ClNO6. The number of carbonyl (C=O) groups excluding carboxylic acids is 2. The first-order valence-corrected chi connectivity index (χ1v) is 13.1. The van der Waals surface area contributed by atoms with Crippen LogP contribution in [0.3, 0.4) is 0 Å². The number of halogens is 1. The lowest BCUT2D eigenvalue weighted by Crippen LogP contribution is -2.18. The number of aliphatic carboxylic acids is 1. The van der Waals surface area contributed by atoms with E-state index in [1.54, 1.807) is 49.4 Å². The lowest BCUT2D eigenvalue weighted by Gasteiger charge is -2.14. The molecule has 0 saturated heterocycles. The summed E-state index contributed by atoms with van der Waals surface area (Å²) in [7, 11) is 1.52. The molecule has 0 bridgehead atoms. The Labute approximate surface area is 233 Å². The highest BCUT2D eigenvalue weighted by molar-refractivity contribution is 6.30. The maximum absolute atomic E-state index is 13.5. The van der Waals surface area contributed by atoms with Crippen LogP contribution in [0.15, 0.2) is 65.8 Å². The zero-order valence-corrected chi connectivity index (χ0v) is 23.7. The highest BCUT2D eigenvalue weighted by Gasteiger charge is 2.30. The molecule has 0 aliphatic heterocycles. The molecule has 7 nitrogen and oxygen atoms in total. The van der Waals surface area contributed by atoms with E-state index >= 15 is 0 Å². The number of methoxy groups -OCH3 is 1. The van der Waals surface area contributed by atoms with Gasteiger partial charge >= 0.3 is 11.9 Å². The van der Waals surface area contributed by atoms with Crippen molar-refractivity contribution in [2.24, 2.45) is 0 Å². The summed E-state index contributed by atoms with van der Waals surface area (Å²) in [6, 6.07) is 11.7. The van der Waals surface area contributed by atoms with Crippen LogP contribution in [-0.4, -0.2) is 41.2 Å². The van der Waals surface area contributed by atoms with E-state index in [1.807, 2.05) is 20.8 Å². The van der Waals surface area contributed by atoms with Crippen LogP contribution in [0.5, 0.6) is 5.75 Å². The number of nitrogens with zero attached hydrogens (tertiary/aromatic N) is 1. The van der Waals surface area contributed by atoms with Crippen molar-refractivity contribution < 1.29 is 29.0 Å². The van der Waals surface area contributed by atoms with Crippen LogP contribution >= 0.6 is 11.6 Å². The number of ether oxygens (including phenoxy) is 2. The SMILES string of the molecule is COc1ccc2c(c1)c(C(CCOC(=O)C=C(C)CCC=C(C)C)C(=O)O)c(C)n2C(=O)c1ccc(Cl)cc1. The molecule has 0 saturated carbocycles. The fourth-order valence-corrected chi connectivity index (χ4v) is 4.67. The zero-order chi connectivity index (χ0) is 28.7. The Balaban J connectivity index is 1.91. The second-order valence-electron chi connectivity index (χ2n) is 9.69. The Morgan fingerprint density at radius 2 is 1.77 bits per heavy atom. The van der Waals surface area contributed by atoms with Crippen molar-refractivity contribution in [3.05, 3.63) is 87.6 Å². The summed E-state index contributed by atoms with van der Waals surface area (Å²) < 4.78 is 12.3. The molecule has 0 fully saturated rings. The molecule has 3 aromatic rings. The highest BCUT2D eigenvalue weighted by atomic mass is 35.5. The summed E-state index contributed by atoms with van der Waals surface area (Å²) in [5.74, 6) is -2.38. The number of benzene rings is 2. The lowest BCUT2D eigenvalue weighted by molar-refractivity contribution is -0.142. The average molecular weight is 552 g/mol. The lowest BCUT2D eigenvalue weighted by atomic mass is 9.93. The van der Waals surface area contributed by atoms with E-state index in [-0.39, 0.29) is 18.9 Å². The van der Waals surface area contributed by atoms with Gasteiger partial charge in [0.1, 0.15) is 5.75 Å². The van der Waals surface area contributed by atoms with Gasteiger partial charge < -0.3 is 14.6 Å². The molecule has 1 unspecified atom stereocenters.